The Hall–Kier alpha value is -1.27. The number of halogens is 1. The van der Waals surface area contributed by atoms with Crippen molar-refractivity contribution < 1.29 is 13.9 Å². The monoisotopic (exact) mass is 298 g/mol. The van der Waals surface area contributed by atoms with E-state index in [1.54, 1.807) is 18.1 Å². The first-order valence-corrected chi connectivity index (χ1v) is 7.72. The molecule has 0 saturated carbocycles. The molecule has 20 heavy (non-hydrogen) atoms. The summed E-state index contributed by atoms with van der Waals surface area (Å²) in [6.45, 7) is 0.957. The van der Waals surface area contributed by atoms with Gasteiger partial charge in [-0.15, -0.1) is 0 Å². The molecule has 1 unspecified atom stereocenters. The quantitative estimate of drug-likeness (QED) is 0.845. The number of thioether (sulfide) groups is 1. The number of nitrogens with two attached hydrogens (primary N) is 1. The highest BCUT2D eigenvalue weighted by molar-refractivity contribution is 7.99. The van der Waals surface area contributed by atoms with Crippen LogP contribution in [0.25, 0.3) is 0 Å². The molecule has 0 radical (unpaired) electrons. The molecule has 1 atom stereocenters. The maximum absolute atomic E-state index is 13.5. The van der Waals surface area contributed by atoms with Gasteiger partial charge in [0, 0.05) is 25.4 Å². The van der Waals surface area contributed by atoms with E-state index >= 15 is 0 Å². The molecule has 1 aromatic rings. The van der Waals surface area contributed by atoms with Crippen LogP contribution in [0.15, 0.2) is 18.2 Å². The van der Waals surface area contributed by atoms with Gasteiger partial charge in [-0.05, 0) is 24.3 Å². The van der Waals surface area contributed by atoms with Crippen LogP contribution >= 0.6 is 11.8 Å². The minimum atomic E-state index is -0.552. The number of nitrogen functional groups attached to an aromatic ring is 1. The van der Waals surface area contributed by atoms with Crippen molar-refractivity contribution in [3.05, 3.63) is 29.6 Å². The molecule has 2 N–H and O–H groups in total. The molecule has 4 nitrogen and oxygen atoms in total. The molecule has 6 heteroatoms. The lowest BCUT2D eigenvalue weighted by Gasteiger charge is -2.28. The molecule has 1 fully saturated rings. The number of hydrogen-bond donors (Lipinski definition) is 1. The first-order valence-electron chi connectivity index (χ1n) is 6.56. The fraction of sp³-hybridized carbons (Fsp3) is 0.500. The third-order valence-corrected chi connectivity index (χ3v) is 4.57. The van der Waals surface area contributed by atoms with E-state index in [1.807, 2.05) is 11.8 Å². The summed E-state index contributed by atoms with van der Waals surface area (Å²) in [6, 6.07) is 4.52. The molecule has 0 bridgehead atoms. The van der Waals surface area contributed by atoms with Gasteiger partial charge < -0.3 is 15.4 Å². The van der Waals surface area contributed by atoms with E-state index in [0.717, 1.165) is 17.9 Å². The number of nitrogens with zero attached hydrogens (tertiary/aromatic N) is 1. The summed E-state index contributed by atoms with van der Waals surface area (Å²) >= 11 is 1.82. The van der Waals surface area contributed by atoms with Crippen molar-refractivity contribution in [2.75, 3.05) is 37.5 Å². The lowest BCUT2D eigenvalue weighted by molar-refractivity contribution is 0.0625. The molecule has 0 spiro atoms. The van der Waals surface area contributed by atoms with Crippen LogP contribution < -0.4 is 5.73 Å². The predicted molar refractivity (Wildman–Crippen MR) is 79.5 cm³/mol. The Labute approximate surface area is 122 Å². The van der Waals surface area contributed by atoms with E-state index in [4.69, 9.17) is 10.5 Å². The van der Waals surface area contributed by atoms with E-state index in [2.05, 4.69) is 0 Å². The van der Waals surface area contributed by atoms with Gasteiger partial charge in [0.2, 0.25) is 0 Å². The van der Waals surface area contributed by atoms with Gasteiger partial charge >= 0.3 is 0 Å². The zero-order chi connectivity index (χ0) is 14.5. The molecule has 0 aromatic heterocycles. The second-order valence-corrected chi connectivity index (χ2v) is 5.86. The first kappa shape index (κ1) is 15.1. The summed E-state index contributed by atoms with van der Waals surface area (Å²) in [5.74, 6) is 1.18. The average molecular weight is 298 g/mol. The van der Waals surface area contributed by atoms with Gasteiger partial charge in [0.25, 0.3) is 5.91 Å². The Morgan fingerprint density at radius 1 is 1.60 bits per heavy atom. The molecule has 1 saturated heterocycles. The van der Waals surface area contributed by atoms with Crippen molar-refractivity contribution >= 4 is 23.4 Å². The highest BCUT2D eigenvalue weighted by Gasteiger charge is 2.28. The summed E-state index contributed by atoms with van der Waals surface area (Å²) in [7, 11) is 1.60. The second-order valence-electron chi connectivity index (χ2n) is 4.71. The lowest BCUT2D eigenvalue weighted by Crippen LogP contribution is -2.42. The van der Waals surface area contributed by atoms with Crippen LogP contribution in [0.2, 0.25) is 0 Å². The van der Waals surface area contributed by atoms with E-state index in [0.29, 0.717) is 13.2 Å². The zero-order valence-corrected chi connectivity index (χ0v) is 12.3. The molecule has 1 heterocycles. The van der Waals surface area contributed by atoms with Gasteiger partial charge in [0.05, 0.1) is 17.9 Å². The molecule has 2 rings (SSSR count). The van der Waals surface area contributed by atoms with Crippen LogP contribution in [-0.4, -0.2) is 48.6 Å². The van der Waals surface area contributed by atoms with Crippen LogP contribution in [0, 0.1) is 5.82 Å². The van der Waals surface area contributed by atoms with Crippen molar-refractivity contribution in [3.8, 4) is 0 Å². The van der Waals surface area contributed by atoms with Gasteiger partial charge in [-0.1, -0.05) is 6.07 Å². The number of amides is 1. The second kappa shape index (κ2) is 6.95. The average Bonchev–Trinajstić information content (AvgIpc) is 2.96. The Bertz CT molecular complexity index is 478. The van der Waals surface area contributed by atoms with Crippen LogP contribution in [-0.2, 0) is 4.74 Å². The van der Waals surface area contributed by atoms with Gasteiger partial charge in [-0.2, -0.15) is 11.8 Å². The third kappa shape index (κ3) is 3.24. The van der Waals surface area contributed by atoms with Gasteiger partial charge in [0.1, 0.15) is 5.82 Å². The standard InChI is InChI=1S/C14H19FN2O2S/c1-19-7-6-17(10-5-8-20-9-10)14(18)11-3-2-4-12(15)13(11)16/h2-4,10H,5-9,16H2,1H3. The van der Waals surface area contributed by atoms with Crippen molar-refractivity contribution in [2.45, 2.75) is 12.5 Å². The van der Waals surface area contributed by atoms with Gasteiger partial charge in [0.15, 0.2) is 0 Å². The van der Waals surface area contributed by atoms with Crippen LogP contribution in [0.3, 0.4) is 0 Å². The van der Waals surface area contributed by atoms with E-state index < -0.39 is 5.82 Å². The minimum Gasteiger partial charge on any atom is -0.396 e. The Morgan fingerprint density at radius 2 is 2.40 bits per heavy atom. The molecular formula is C14H19FN2O2S. The summed E-state index contributed by atoms with van der Waals surface area (Å²) in [5.41, 5.74) is 5.85. The van der Waals surface area contributed by atoms with Crippen LogP contribution in [0.1, 0.15) is 16.8 Å². The lowest BCUT2D eigenvalue weighted by atomic mass is 10.1. The highest BCUT2D eigenvalue weighted by Crippen LogP contribution is 2.25. The topological polar surface area (TPSA) is 55.6 Å². The van der Waals surface area contributed by atoms with Crippen LogP contribution in [0.5, 0.6) is 0 Å². The summed E-state index contributed by atoms with van der Waals surface area (Å²) < 4.78 is 18.6. The molecule has 110 valence electrons. The molecule has 1 aliphatic heterocycles. The summed E-state index contributed by atoms with van der Waals surface area (Å²) in [5, 5.41) is 0. The molecule has 1 amide bonds. The van der Waals surface area contributed by atoms with Crippen LogP contribution in [0.4, 0.5) is 10.1 Å². The number of methoxy groups -OCH3 is 1. The fourth-order valence-corrected chi connectivity index (χ4v) is 3.51. The number of hydrogen-bond acceptors (Lipinski definition) is 4. The SMILES string of the molecule is COCCN(C(=O)c1cccc(F)c1N)C1CCSC1. The fourth-order valence-electron chi connectivity index (χ4n) is 2.29. The van der Waals surface area contributed by atoms with Crippen molar-refractivity contribution in [1.29, 1.82) is 0 Å². The molecule has 1 aromatic carbocycles. The minimum absolute atomic E-state index is 0.0782. The number of para-hydroxylation sites is 1. The van der Waals surface area contributed by atoms with Crippen molar-refractivity contribution in [2.24, 2.45) is 0 Å². The number of rotatable bonds is 5. The molecular weight excluding hydrogens is 279 g/mol. The predicted octanol–water partition coefficient (Wildman–Crippen LogP) is 2.00. The summed E-state index contributed by atoms with van der Waals surface area (Å²) in [4.78, 5) is 14.4. The summed E-state index contributed by atoms with van der Waals surface area (Å²) in [6.07, 6.45) is 0.954. The van der Waals surface area contributed by atoms with E-state index in [9.17, 15) is 9.18 Å². The Kier molecular flexibility index (Phi) is 5.25. The van der Waals surface area contributed by atoms with Crippen molar-refractivity contribution in [1.82, 2.24) is 4.90 Å². The largest absolute Gasteiger partial charge is 0.396 e. The van der Waals surface area contributed by atoms with E-state index in [-0.39, 0.29) is 23.2 Å². The van der Waals surface area contributed by atoms with Crippen molar-refractivity contribution in [3.63, 3.8) is 0 Å². The first-order chi connectivity index (χ1) is 9.65. The Morgan fingerprint density at radius 3 is 3.05 bits per heavy atom. The molecule has 1 aliphatic rings. The number of benzene rings is 1. The molecule has 0 aliphatic carbocycles. The number of anilines is 1. The van der Waals surface area contributed by atoms with Gasteiger partial charge in [-0.25, -0.2) is 4.39 Å². The normalized spacial score (nSPS) is 18.2. The number of carbonyl (C=O) groups excluding carboxylic acids is 1. The van der Waals surface area contributed by atoms with Gasteiger partial charge in [-0.3, -0.25) is 4.79 Å². The maximum Gasteiger partial charge on any atom is 0.256 e. The smallest absolute Gasteiger partial charge is 0.256 e. The van der Waals surface area contributed by atoms with E-state index in [1.165, 1.54) is 12.1 Å². The highest BCUT2D eigenvalue weighted by atomic mass is 32.2. The number of carbonyl (C=O) groups is 1. The Balaban J connectivity index is 2.22. The number of ether oxygens (including phenoxy) is 1. The maximum atomic E-state index is 13.5. The zero-order valence-electron chi connectivity index (χ0n) is 11.5. The third-order valence-electron chi connectivity index (χ3n) is 3.43.